The van der Waals surface area contributed by atoms with Gasteiger partial charge in [0.1, 0.15) is 5.75 Å². The van der Waals surface area contributed by atoms with Gasteiger partial charge in [0.25, 0.3) is 5.91 Å². The SMILES string of the molecule is COc1c(Br)cc(/C=C2\C(=O)Nc3ccc(Cl)cc32)cc1C(C)(C)C. The number of benzene rings is 2. The average molecular weight is 421 g/mol. The molecule has 0 fully saturated rings. The monoisotopic (exact) mass is 419 g/mol. The van der Waals surface area contributed by atoms with Crippen LogP contribution in [0.25, 0.3) is 11.6 Å². The van der Waals surface area contributed by atoms with Crippen LogP contribution in [-0.2, 0) is 10.2 Å². The number of anilines is 1. The summed E-state index contributed by atoms with van der Waals surface area (Å²) in [6.45, 7) is 6.39. The summed E-state index contributed by atoms with van der Waals surface area (Å²) in [7, 11) is 1.66. The van der Waals surface area contributed by atoms with Gasteiger partial charge in [-0.25, -0.2) is 0 Å². The molecule has 2 aromatic rings. The zero-order chi connectivity index (χ0) is 18.4. The van der Waals surface area contributed by atoms with Gasteiger partial charge in [-0.2, -0.15) is 0 Å². The maximum Gasteiger partial charge on any atom is 0.256 e. The second-order valence-electron chi connectivity index (χ2n) is 7.04. The van der Waals surface area contributed by atoms with E-state index in [0.717, 1.165) is 32.6 Å². The fourth-order valence-corrected chi connectivity index (χ4v) is 3.74. The van der Waals surface area contributed by atoms with E-state index < -0.39 is 0 Å². The van der Waals surface area contributed by atoms with Gasteiger partial charge in [-0.15, -0.1) is 0 Å². The van der Waals surface area contributed by atoms with Crippen molar-refractivity contribution in [2.24, 2.45) is 0 Å². The van der Waals surface area contributed by atoms with E-state index in [-0.39, 0.29) is 11.3 Å². The Bertz CT molecular complexity index is 897. The molecule has 1 N–H and O–H groups in total. The van der Waals surface area contributed by atoms with E-state index in [1.54, 1.807) is 13.2 Å². The molecule has 0 saturated carbocycles. The van der Waals surface area contributed by atoms with Gasteiger partial charge in [-0.1, -0.05) is 32.4 Å². The number of fused-ring (bicyclic) bond motifs is 1. The molecule has 1 aliphatic heterocycles. The topological polar surface area (TPSA) is 38.3 Å². The second-order valence-corrected chi connectivity index (χ2v) is 8.33. The summed E-state index contributed by atoms with van der Waals surface area (Å²) in [6, 6.07) is 9.42. The van der Waals surface area contributed by atoms with Crippen molar-refractivity contribution >= 4 is 50.8 Å². The molecule has 2 aromatic carbocycles. The van der Waals surface area contributed by atoms with Gasteiger partial charge in [-0.05, 0) is 63.3 Å². The molecule has 0 radical (unpaired) electrons. The summed E-state index contributed by atoms with van der Waals surface area (Å²) in [5.41, 5.74) is 4.11. The highest BCUT2D eigenvalue weighted by Crippen LogP contribution is 2.40. The minimum atomic E-state index is -0.124. The molecular weight excluding hydrogens is 402 g/mol. The number of carbonyl (C=O) groups excluding carboxylic acids is 1. The second kappa shape index (κ2) is 6.50. The molecule has 0 bridgehead atoms. The minimum Gasteiger partial charge on any atom is -0.495 e. The summed E-state index contributed by atoms with van der Waals surface area (Å²) in [5.74, 6) is 0.690. The molecule has 0 unspecified atom stereocenters. The summed E-state index contributed by atoms with van der Waals surface area (Å²) < 4.78 is 6.42. The molecule has 0 atom stereocenters. The van der Waals surface area contributed by atoms with Gasteiger partial charge in [0, 0.05) is 27.4 Å². The average Bonchev–Trinajstić information content (AvgIpc) is 2.81. The molecule has 0 saturated heterocycles. The standard InChI is InChI=1S/C20H19BrClNO2/c1-20(2,3)15-8-11(9-16(21)18(15)25-4)7-14-13-10-12(22)5-6-17(13)23-19(14)24/h5-10H,1-4H3,(H,23,24)/b14-7-. The minimum absolute atomic E-state index is 0.0957. The maximum atomic E-state index is 12.4. The van der Waals surface area contributed by atoms with Crippen LogP contribution in [0.2, 0.25) is 5.02 Å². The molecular formula is C20H19BrClNO2. The molecule has 0 aliphatic carbocycles. The molecule has 1 amide bonds. The van der Waals surface area contributed by atoms with Gasteiger partial charge in [0.15, 0.2) is 0 Å². The summed E-state index contributed by atoms with van der Waals surface area (Å²) >= 11 is 9.68. The maximum absolute atomic E-state index is 12.4. The third-order valence-corrected chi connectivity index (χ3v) is 4.98. The molecule has 1 heterocycles. The summed E-state index contributed by atoms with van der Waals surface area (Å²) in [6.07, 6.45) is 1.89. The largest absolute Gasteiger partial charge is 0.495 e. The third kappa shape index (κ3) is 3.46. The number of methoxy groups -OCH3 is 1. The van der Waals surface area contributed by atoms with Crippen LogP contribution >= 0.6 is 27.5 Å². The van der Waals surface area contributed by atoms with Crippen LogP contribution in [0.3, 0.4) is 0 Å². The molecule has 5 heteroatoms. The van der Waals surface area contributed by atoms with Crippen LogP contribution in [0, 0.1) is 0 Å². The lowest BCUT2D eigenvalue weighted by Crippen LogP contribution is -2.13. The van der Waals surface area contributed by atoms with E-state index in [1.807, 2.05) is 24.3 Å². The van der Waals surface area contributed by atoms with Crippen LogP contribution in [-0.4, -0.2) is 13.0 Å². The number of rotatable bonds is 2. The zero-order valence-electron chi connectivity index (χ0n) is 14.5. The predicted molar refractivity (Wildman–Crippen MR) is 107 cm³/mol. The first-order chi connectivity index (χ1) is 11.7. The van der Waals surface area contributed by atoms with E-state index in [4.69, 9.17) is 16.3 Å². The Morgan fingerprint density at radius 1 is 1.20 bits per heavy atom. The normalized spacial score (nSPS) is 15.3. The Kier molecular flexibility index (Phi) is 4.69. The zero-order valence-corrected chi connectivity index (χ0v) is 16.9. The number of amides is 1. The Labute approximate surface area is 161 Å². The van der Waals surface area contributed by atoms with Crippen LogP contribution in [0.5, 0.6) is 5.75 Å². The highest BCUT2D eigenvalue weighted by atomic mass is 79.9. The van der Waals surface area contributed by atoms with Gasteiger partial charge < -0.3 is 10.1 Å². The lowest BCUT2D eigenvalue weighted by Gasteiger charge is -2.23. The van der Waals surface area contributed by atoms with Crippen molar-refractivity contribution in [2.75, 3.05) is 12.4 Å². The quantitative estimate of drug-likeness (QED) is 0.614. The number of hydrogen-bond donors (Lipinski definition) is 1. The summed E-state index contributed by atoms with van der Waals surface area (Å²) in [5, 5.41) is 3.48. The van der Waals surface area contributed by atoms with Crippen molar-refractivity contribution in [3.05, 3.63) is 56.5 Å². The van der Waals surface area contributed by atoms with E-state index >= 15 is 0 Å². The van der Waals surface area contributed by atoms with E-state index in [9.17, 15) is 4.79 Å². The number of halogens is 2. The Hall–Kier alpha value is -1.78. The Morgan fingerprint density at radius 2 is 1.92 bits per heavy atom. The first-order valence-corrected chi connectivity index (χ1v) is 9.09. The van der Waals surface area contributed by atoms with Crippen LogP contribution < -0.4 is 10.1 Å². The first kappa shape index (κ1) is 18.0. The van der Waals surface area contributed by atoms with E-state index in [0.29, 0.717) is 10.6 Å². The summed E-state index contributed by atoms with van der Waals surface area (Å²) in [4.78, 5) is 12.4. The molecule has 25 heavy (non-hydrogen) atoms. The van der Waals surface area contributed by atoms with Crippen molar-refractivity contribution in [3.8, 4) is 5.75 Å². The van der Waals surface area contributed by atoms with Crippen molar-refractivity contribution in [1.82, 2.24) is 0 Å². The fraction of sp³-hybridized carbons (Fsp3) is 0.250. The molecule has 3 rings (SSSR count). The van der Waals surface area contributed by atoms with Crippen molar-refractivity contribution in [1.29, 1.82) is 0 Å². The number of nitrogens with one attached hydrogen (secondary N) is 1. The smallest absolute Gasteiger partial charge is 0.256 e. The van der Waals surface area contributed by atoms with Gasteiger partial charge in [-0.3, -0.25) is 4.79 Å². The molecule has 130 valence electrons. The van der Waals surface area contributed by atoms with E-state index in [1.165, 1.54) is 0 Å². The number of hydrogen-bond acceptors (Lipinski definition) is 2. The molecule has 3 nitrogen and oxygen atoms in total. The Morgan fingerprint density at radius 3 is 2.56 bits per heavy atom. The van der Waals surface area contributed by atoms with Crippen LogP contribution in [0.4, 0.5) is 5.69 Å². The van der Waals surface area contributed by atoms with Gasteiger partial charge in [0.05, 0.1) is 11.6 Å². The molecule has 0 aromatic heterocycles. The van der Waals surface area contributed by atoms with Crippen molar-refractivity contribution in [3.63, 3.8) is 0 Å². The third-order valence-electron chi connectivity index (χ3n) is 4.15. The van der Waals surface area contributed by atoms with Crippen molar-refractivity contribution < 1.29 is 9.53 Å². The number of ether oxygens (including phenoxy) is 1. The number of carbonyl (C=O) groups is 1. The Balaban J connectivity index is 2.16. The highest BCUT2D eigenvalue weighted by Gasteiger charge is 2.25. The lowest BCUT2D eigenvalue weighted by atomic mass is 9.85. The lowest BCUT2D eigenvalue weighted by molar-refractivity contribution is -0.110. The fourth-order valence-electron chi connectivity index (χ4n) is 2.93. The van der Waals surface area contributed by atoms with Crippen LogP contribution in [0.15, 0.2) is 34.8 Å². The van der Waals surface area contributed by atoms with E-state index in [2.05, 4.69) is 48.1 Å². The van der Waals surface area contributed by atoms with Gasteiger partial charge >= 0.3 is 0 Å². The van der Waals surface area contributed by atoms with Gasteiger partial charge in [0.2, 0.25) is 0 Å². The highest BCUT2D eigenvalue weighted by molar-refractivity contribution is 9.10. The molecule has 1 aliphatic rings. The first-order valence-electron chi connectivity index (χ1n) is 7.91. The predicted octanol–water partition coefficient (Wildman–Crippen LogP) is 5.90. The molecule has 0 spiro atoms. The van der Waals surface area contributed by atoms with Crippen molar-refractivity contribution in [2.45, 2.75) is 26.2 Å². The van der Waals surface area contributed by atoms with Crippen LogP contribution in [0.1, 0.15) is 37.5 Å².